The highest BCUT2D eigenvalue weighted by atomic mass is 16.1. The number of hydrogen-bond donors (Lipinski definition) is 0. The average Bonchev–Trinajstić information content (AvgIpc) is 2.69. The summed E-state index contributed by atoms with van der Waals surface area (Å²) in [4.78, 5) is 14.0. The monoisotopic (exact) mass is 217 g/mol. The van der Waals surface area contributed by atoms with E-state index in [9.17, 15) is 4.79 Å². The third-order valence-electron chi connectivity index (χ3n) is 3.33. The zero-order chi connectivity index (χ0) is 11.5. The van der Waals surface area contributed by atoms with Crippen molar-refractivity contribution in [1.29, 1.82) is 0 Å². The second-order valence-corrected chi connectivity index (χ2v) is 4.49. The van der Waals surface area contributed by atoms with Crippen LogP contribution in [0.15, 0.2) is 24.3 Å². The summed E-state index contributed by atoms with van der Waals surface area (Å²) in [7, 11) is 0. The largest absolute Gasteiger partial charge is 0.361 e. The van der Waals surface area contributed by atoms with Crippen LogP contribution in [0.3, 0.4) is 0 Å². The molecule has 0 saturated heterocycles. The maximum Gasteiger partial charge on any atom is 0.152 e. The van der Waals surface area contributed by atoms with E-state index >= 15 is 0 Å². The topological polar surface area (TPSA) is 20.3 Å². The van der Waals surface area contributed by atoms with Crippen LogP contribution in [0.1, 0.15) is 32.3 Å². The lowest BCUT2D eigenvalue weighted by atomic mass is 10.1. The maximum atomic E-state index is 11.7. The summed E-state index contributed by atoms with van der Waals surface area (Å²) in [6.07, 6.45) is 3.09. The predicted molar refractivity (Wildman–Crippen MR) is 66.9 cm³/mol. The number of para-hydroxylation sites is 1. The molecule has 1 unspecified atom stereocenters. The average molecular weight is 217 g/mol. The van der Waals surface area contributed by atoms with Crippen LogP contribution < -0.4 is 4.90 Å². The highest BCUT2D eigenvalue weighted by Crippen LogP contribution is 2.30. The van der Waals surface area contributed by atoms with Crippen molar-refractivity contribution >= 4 is 11.5 Å². The summed E-state index contributed by atoms with van der Waals surface area (Å²) in [6.45, 7) is 4.84. The van der Waals surface area contributed by atoms with Crippen molar-refractivity contribution in [2.45, 2.75) is 39.2 Å². The van der Waals surface area contributed by atoms with Crippen molar-refractivity contribution in [3.8, 4) is 0 Å². The Hall–Kier alpha value is -1.31. The number of benzene rings is 1. The van der Waals surface area contributed by atoms with Gasteiger partial charge in [0, 0.05) is 12.2 Å². The number of ketones is 1. The third kappa shape index (κ3) is 1.97. The van der Waals surface area contributed by atoms with Gasteiger partial charge in [-0.1, -0.05) is 31.5 Å². The number of carbonyl (C=O) groups excluding carboxylic acids is 1. The van der Waals surface area contributed by atoms with E-state index in [-0.39, 0.29) is 6.04 Å². The second-order valence-electron chi connectivity index (χ2n) is 4.49. The Morgan fingerprint density at radius 1 is 1.44 bits per heavy atom. The summed E-state index contributed by atoms with van der Waals surface area (Å²) in [5.74, 6) is 0.290. The van der Waals surface area contributed by atoms with Gasteiger partial charge in [0.1, 0.15) is 0 Å². The first-order valence-electron chi connectivity index (χ1n) is 6.09. The minimum atomic E-state index is 0.0775. The molecule has 2 heteroatoms. The van der Waals surface area contributed by atoms with Gasteiger partial charge in [-0.05, 0) is 31.4 Å². The Morgan fingerprint density at radius 3 is 2.88 bits per heavy atom. The molecule has 86 valence electrons. The number of Topliss-reactive ketones (excluding diaryl/α,β-unsaturated/α-hetero) is 1. The number of hydrogen-bond acceptors (Lipinski definition) is 2. The quantitative estimate of drug-likeness (QED) is 0.773. The Morgan fingerprint density at radius 2 is 2.19 bits per heavy atom. The van der Waals surface area contributed by atoms with E-state index in [1.54, 1.807) is 6.92 Å². The molecule has 0 bridgehead atoms. The summed E-state index contributed by atoms with van der Waals surface area (Å²) >= 11 is 0. The first kappa shape index (κ1) is 11.2. The van der Waals surface area contributed by atoms with Crippen molar-refractivity contribution in [3.63, 3.8) is 0 Å². The molecule has 0 spiro atoms. The fourth-order valence-corrected chi connectivity index (χ4v) is 2.54. The molecular formula is C14H19NO. The maximum absolute atomic E-state index is 11.7. The second kappa shape index (κ2) is 4.69. The molecule has 0 aliphatic carbocycles. The van der Waals surface area contributed by atoms with E-state index in [2.05, 4.69) is 36.1 Å². The molecule has 1 heterocycles. The van der Waals surface area contributed by atoms with Gasteiger partial charge in [0.15, 0.2) is 5.78 Å². The van der Waals surface area contributed by atoms with Crippen molar-refractivity contribution in [1.82, 2.24) is 0 Å². The number of rotatable bonds is 4. The highest BCUT2D eigenvalue weighted by molar-refractivity contribution is 5.85. The van der Waals surface area contributed by atoms with E-state index in [0.29, 0.717) is 5.78 Å². The number of anilines is 1. The third-order valence-corrected chi connectivity index (χ3v) is 3.33. The molecule has 1 aliphatic heterocycles. The first-order valence-corrected chi connectivity index (χ1v) is 6.09. The number of fused-ring (bicyclic) bond motifs is 1. The normalized spacial score (nSPS) is 16.0. The molecule has 0 radical (unpaired) electrons. The molecule has 0 N–H and O–H groups in total. The minimum Gasteiger partial charge on any atom is -0.361 e. The van der Waals surface area contributed by atoms with Gasteiger partial charge in [-0.25, -0.2) is 0 Å². The van der Waals surface area contributed by atoms with Crippen LogP contribution in [-0.4, -0.2) is 18.4 Å². The molecule has 2 nitrogen and oxygen atoms in total. The molecular weight excluding hydrogens is 198 g/mol. The van der Waals surface area contributed by atoms with Gasteiger partial charge in [-0.2, -0.15) is 0 Å². The van der Waals surface area contributed by atoms with Gasteiger partial charge < -0.3 is 4.90 Å². The van der Waals surface area contributed by atoms with Crippen molar-refractivity contribution < 1.29 is 4.79 Å². The molecule has 0 amide bonds. The predicted octanol–water partition coefficient (Wildman–Crippen LogP) is 2.81. The Kier molecular flexibility index (Phi) is 3.28. The van der Waals surface area contributed by atoms with Crippen LogP contribution in [0.2, 0.25) is 0 Å². The van der Waals surface area contributed by atoms with Crippen LogP contribution in [0.4, 0.5) is 5.69 Å². The number of carbonyl (C=O) groups is 1. The molecule has 1 aromatic carbocycles. The van der Waals surface area contributed by atoms with Crippen molar-refractivity contribution in [2.75, 3.05) is 11.4 Å². The lowest BCUT2D eigenvalue weighted by Crippen LogP contribution is -2.39. The van der Waals surface area contributed by atoms with Gasteiger partial charge in [0.25, 0.3) is 0 Å². The Labute approximate surface area is 97.3 Å². The van der Waals surface area contributed by atoms with E-state index in [0.717, 1.165) is 25.8 Å². The molecule has 0 fully saturated rings. The molecule has 1 aliphatic rings. The number of nitrogens with zero attached hydrogens (tertiary/aromatic N) is 1. The van der Waals surface area contributed by atoms with Gasteiger partial charge in [-0.3, -0.25) is 4.79 Å². The lowest BCUT2D eigenvalue weighted by molar-refractivity contribution is -0.118. The molecule has 1 atom stereocenters. The van der Waals surface area contributed by atoms with Gasteiger partial charge in [-0.15, -0.1) is 0 Å². The summed E-state index contributed by atoms with van der Waals surface area (Å²) in [5.41, 5.74) is 2.64. The van der Waals surface area contributed by atoms with E-state index in [1.807, 2.05) is 0 Å². The fraction of sp³-hybridized carbons (Fsp3) is 0.500. The smallest absolute Gasteiger partial charge is 0.152 e. The summed E-state index contributed by atoms with van der Waals surface area (Å²) < 4.78 is 0. The van der Waals surface area contributed by atoms with Crippen molar-refractivity contribution in [3.05, 3.63) is 29.8 Å². The van der Waals surface area contributed by atoms with Crippen LogP contribution in [0.5, 0.6) is 0 Å². The zero-order valence-corrected chi connectivity index (χ0v) is 10.1. The zero-order valence-electron chi connectivity index (χ0n) is 10.1. The standard InChI is InChI=1S/C14H19NO/c1-3-6-13(11(2)16)15-10-9-12-7-4-5-8-14(12)15/h4-5,7-8,13H,3,6,9-10H2,1-2H3. The molecule has 2 rings (SSSR count). The van der Waals surface area contributed by atoms with Gasteiger partial charge in [0.2, 0.25) is 0 Å². The van der Waals surface area contributed by atoms with E-state index in [1.165, 1.54) is 11.3 Å². The first-order chi connectivity index (χ1) is 7.74. The van der Waals surface area contributed by atoms with Gasteiger partial charge in [0.05, 0.1) is 6.04 Å². The summed E-state index contributed by atoms with van der Waals surface area (Å²) in [6, 6.07) is 8.51. The minimum absolute atomic E-state index is 0.0775. The fourth-order valence-electron chi connectivity index (χ4n) is 2.54. The Balaban J connectivity index is 2.25. The van der Waals surface area contributed by atoms with Crippen molar-refractivity contribution in [2.24, 2.45) is 0 Å². The SMILES string of the molecule is CCCC(C(C)=O)N1CCc2ccccc21. The highest BCUT2D eigenvalue weighted by Gasteiger charge is 2.27. The lowest BCUT2D eigenvalue weighted by Gasteiger charge is -2.28. The van der Waals surface area contributed by atoms with Crippen LogP contribution >= 0.6 is 0 Å². The van der Waals surface area contributed by atoms with E-state index in [4.69, 9.17) is 0 Å². The molecule has 16 heavy (non-hydrogen) atoms. The summed E-state index contributed by atoms with van der Waals surface area (Å²) in [5, 5.41) is 0. The molecule has 0 saturated carbocycles. The van der Waals surface area contributed by atoms with E-state index < -0.39 is 0 Å². The molecule has 0 aromatic heterocycles. The van der Waals surface area contributed by atoms with Crippen LogP contribution in [-0.2, 0) is 11.2 Å². The van der Waals surface area contributed by atoms with Crippen LogP contribution in [0, 0.1) is 0 Å². The molecule has 1 aromatic rings. The Bertz CT molecular complexity index is 386. The van der Waals surface area contributed by atoms with Gasteiger partial charge >= 0.3 is 0 Å². The van der Waals surface area contributed by atoms with Crippen LogP contribution in [0.25, 0.3) is 0 Å².